The fraction of sp³-hybridized carbons (Fsp3) is 0.200. The Morgan fingerprint density at radius 2 is 1.95 bits per heavy atom. The summed E-state index contributed by atoms with van der Waals surface area (Å²) in [6, 6.07) is 8.05. The van der Waals surface area contributed by atoms with Crippen LogP contribution in [-0.2, 0) is 0 Å². The Bertz CT molecular complexity index is 749. The van der Waals surface area contributed by atoms with Crippen molar-refractivity contribution in [3.05, 3.63) is 41.2 Å². The summed E-state index contributed by atoms with van der Waals surface area (Å²) in [5.41, 5.74) is 3.26. The van der Waals surface area contributed by atoms with Crippen molar-refractivity contribution in [1.29, 1.82) is 0 Å². The van der Waals surface area contributed by atoms with Crippen LogP contribution in [0.15, 0.2) is 30.5 Å². The van der Waals surface area contributed by atoms with E-state index in [0.717, 1.165) is 32.9 Å². The van der Waals surface area contributed by atoms with Gasteiger partial charge in [-0.05, 0) is 19.9 Å². The first-order valence-corrected chi connectivity index (χ1v) is 6.88. The van der Waals surface area contributed by atoms with Crippen molar-refractivity contribution in [2.24, 2.45) is 0 Å². The summed E-state index contributed by atoms with van der Waals surface area (Å²) in [6.07, 6.45) is 1.90. The van der Waals surface area contributed by atoms with Crippen molar-refractivity contribution in [2.45, 2.75) is 13.8 Å². The molecule has 0 aliphatic rings. The van der Waals surface area contributed by atoms with Crippen LogP contribution in [0.4, 0.5) is 0 Å². The molecule has 0 aliphatic heterocycles. The standard InChI is InChI=1S/C15H14N2OS/c1-9-14(11-6-4-5-7-12(11)18-3)15-13(19-9)8-16-10(2)17-15/h4-8H,1-3H3. The number of methoxy groups -OCH3 is 1. The van der Waals surface area contributed by atoms with Crippen LogP contribution in [0.25, 0.3) is 21.3 Å². The molecule has 3 nitrogen and oxygen atoms in total. The number of rotatable bonds is 2. The third-order valence-corrected chi connectivity index (χ3v) is 4.13. The zero-order valence-corrected chi connectivity index (χ0v) is 11.9. The fourth-order valence-corrected chi connectivity index (χ4v) is 3.25. The van der Waals surface area contributed by atoms with E-state index >= 15 is 0 Å². The Hall–Kier alpha value is -1.94. The van der Waals surface area contributed by atoms with E-state index in [4.69, 9.17) is 4.74 Å². The van der Waals surface area contributed by atoms with Gasteiger partial charge in [-0.3, -0.25) is 0 Å². The Labute approximate surface area is 115 Å². The van der Waals surface area contributed by atoms with Crippen LogP contribution in [-0.4, -0.2) is 17.1 Å². The van der Waals surface area contributed by atoms with Gasteiger partial charge in [0.2, 0.25) is 0 Å². The summed E-state index contributed by atoms with van der Waals surface area (Å²) in [5, 5.41) is 0. The van der Waals surface area contributed by atoms with Crippen LogP contribution >= 0.6 is 11.3 Å². The highest BCUT2D eigenvalue weighted by Crippen LogP contribution is 2.40. The van der Waals surface area contributed by atoms with Crippen molar-refractivity contribution in [3.8, 4) is 16.9 Å². The number of hydrogen-bond donors (Lipinski definition) is 0. The molecule has 96 valence electrons. The summed E-state index contributed by atoms with van der Waals surface area (Å²) in [5.74, 6) is 1.67. The highest BCUT2D eigenvalue weighted by molar-refractivity contribution is 7.19. The molecular formula is C15H14N2OS. The number of aromatic nitrogens is 2. The second-order valence-electron chi connectivity index (χ2n) is 4.36. The molecule has 4 heteroatoms. The molecule has 0 fully saturated rings. The van der Waals surface area contributed by atoms with Crippen LogP contribution in [0.3, 0.4) is 0 Å². The van der Waals surface area contributed by atoms with Gasteiger partial charge in [0.05, 0.1) is 17.3 Å². The summed E-state index contributed by atoms with van der Waals surface area (Å²) in [4.78, 5) is 10.1. The largest absolute Gasteiger partial charge is 0.496 e. The van der Waals surface area contributed by atoms with Gasteiger partial charge in [0.1, 0.15) is 11.6 Å². The average molecular weight is 270 g/mol. The first-order valence-electron chi connectivity index (χ1n) is 6.07. The van der Waals surface area contributed by atoms with Crippen molar-refractivity contribution >= 4 is 21.6 Å². The molecule has 0 bridgehead atoms. The number of benzene rings is 1. The zero-order valence-electron chi connectivity index (χ0n) is 11.1. The van der Waals surface area contributed by atoms with Gasteiger partial charge in [0.25, 0.3) is 0 Å². The molecule has 19 heavy (non-hydrogen) atoms. The Kier molecular flexibility index (Phi) is 2.95. The van der Waals surface area contributed by atoms with E-state index < -0.39 is 0 Å². The predicted octanol–water partition coefficient (Wildman–Crippen LogP) is 3.98. The molecule has 3 rings (SSSR count). The molecule has 0 aliphatic carbocycles. The lowest BCUT2D eigenvalue weighted by molar-refractivity contribution is 0.416. The van der Waals surface area contributed by atoms with Crippen molar-refractivity contribution in [2.75, 3.05) is 7.11 Å². The summed E-state index contributed by atoms with van der Waals surface area (Å²) in [6.45, 7) is 4.03. The summed E-state index contributed by atoms with van der Waals surface area (Å²) >= 11 is 1.72. The number of hydrogen-bond acceptors (Lipinski definition) is 4. The van der Waals surface area contributed by atoms with E-state index in [1.807, 2.05) is 31.3 Å². The number of nitrogens with zero attached hydrogens (tertiary/aromatic N) is 2. The second kappa shape index (κ2) is 4.63. The molecule has 0 spiro atoms. The smallest absolute Gasteiger partial charge is 0.126 e. The van der Waals surface area contributed by atoms with E-state index in [0.29, 0.717) is 0 Å². The van der Waals surface area contributed by atoms with Gasteiger partial charge in [-0.1, -0.05) is 18.2 Å². The number of para-hydroxylation sites is 1. The maximum absolute atomic E-state index is 5.46. The molecule has 2 aromatic heterocycles. The van der Waals surface area contributed by atoms with Crippen LogP contribution in [0.5, 0.6) is 5.75 Å². The van der Waals surface area contributed by atoms with E-state index in [2.05, 4.69) is 23.0 Å². The maximum atomic E-state index is 5.46. The van der Waals surface area contributed by atoms with E-state index in [9.17, 15) is 0 Å². The van der Waals surface area contributed by atoms with Gasteiger partial charge in [0, 0.05) is 22.2 Å². The van der Waals surface area contributed by atoms with Crippen molar-refractivity contribution in [1.82, 2.24) is 9.97 Å². The summed E-state index contributed by atoms with van der Waals surface area (Å²) in [7, 11) is 1.70. The monoisotopic (exact) mass is 270 g/mol. The van der Waals surface area contributed by atoms with Gasteiger partial charge >= 0.3 is 0 Å². The van der Waals surface area contributed by atoms with Crippen LogP contribution in [0.2, 0.25) is 0 Å². The molecule has 0 radical (unpaired) electrons. The van der Waals surface area contributed by atoms with E-state index in [1.165, 1.54) is 4.88 Å². The number of fused-ring (bicyclic) bond motifs is 1. The summed E-state index contributed by atoms with van der Waals surface area (Å²) < 4.78 is 6.58. The quantitative estimate of drug-likeness (QED) is 0.706. The molecule has 0 saturated heterocycles. The Balaban J connectivity index is 2.35. The number of aryl methyl sites for hydroxylation is 2. The first kappa shape index (κ1) is 12.1. The highest BCUT2D eigenvalue weighted by Gasteiger charge is 2.16. The van der Waals surface area contributed by atoms with Gasteiger partial charge in [-0.2, -0.15) is 0 Å². The number of thiophene rings is 1. The van der Waals surface area contributed by atoms with Gasteiger partial charge in [-0.15, -0.1) is 11.3 Å². The topological polar surface area (TPSA) is 35.0 Å². The SMILES string of the molecule is COc1ccccc1-c1c(C)sc2cnc(C)nc12. The van der Waals surface area contributed by atoms with E-state index in [1.54, 1.807) is 18.4 Å². The normalized spacial score (nSPS) is 10.9. The fourth-order valence-electron chi connectivity index (χ4n) is 2.26. The van der Waals surface area contributed by atoms with Crippen molar-refractivity contribution < 1.29 is 4.74 Å². The zero-order chi connectivity index (χ0) is 13.4. The maximum Gasteiger partial charge on any atom is 0.126 e. The lowest BCUT2D eigenvalue weighted by atomic mass is 10.0. The highest BCUT2D eigenvalue weighted by atomic mass is 32.1. The first-order chi connectivity index (χ1) is 9.20. The molecule has 0 saturated carbocycles. The van der Waals surface area contributed by atoms with Crippen LogP contribution in [0.1, 0.15) is 10.7 Å². The minimum atomic E-state index is 0.793. The third-order valence-electron chi connectivity index (χ3n) is 3.10. The van der Waals surface area contributed by atoms with Crippen LogP contribution < -0.4 is 4.74 Å². The van der Waals surface area contributed by atoms with Crippen LogP contribution in [0, 0.1) is 13.8 Å². The molecule has 0 atom stereocenters. The molecule has 0 amide bonds. The molecule has 0 unspecified atom stereocenters. The van der Waals surface area contributed by atoms with Gasteiger partial charge in [-0.25, -0.2) is 9.97 Å². The Morgan fingerprint density at radius 1 is 1.16 bits per heavy atom. The lowest BCUT2D eigenvalue weighted by Crippen LogP contribution is -1.90. The van der Waals surface area contributed by atoms with Gasteiger partial charge in [0.15, 0.2) is 0 Å². The average Bonchev–Trinajstić information content (AvgIpc) is 2.74. The lowest BCUT2D eigenvalue weighted by Gasteiger charge is -2.08. The molecule has 3 aromatic rings. The third kappa shape index (κ3) is 1.98. The molecule has 0 N–H and O–H groups in total. The Morgan fingerprint density at radius 3 is 2.74 bits per heavy atom. The number of ether oxygens (including phenoxy) is 1. The molecule has 1 aromatic carbocycles. The van der Waals surface area contributed by atoms with Gasteiger partial charge < -0.3 is 4.74 Å². The molecule has 2 heterocycles. The predicted molar refractivity (Wildman–Crippen MR) is 78.9 cm³/mol. The minimum absolute atomic E-state index is 0.793. The molecular weight excluding hydrogens is 256 g/mol. The second-order valence-corrected chi connectivity index (χ2v) is 5.62. The van der Waals surface area contributed by atoms with E-state index in [-0.39, 0.29) is 0 Å². The van der Waals surface area contributed by atoms with Crippen molar-refractivity contribution in [3.63, 3.8) is 0 Å². The minimum Gasteiger partial charge on any atom is -0.496 e.